The van der Waals surface area contributed by atoms with Crippen LogP contribution >= 0.6 is 0 Å². The number of carboxylic acid groups (broad SMARTS) is 1. The lowest BCUT2D eigenvalue weighted by Crippen LogP contribution is -2.46. The van der Waals surface area contributed by atoms with Gasteiger partial charge in [0, 0.05) is 6.04 Å². The van der Waals surface area contributed by atoms with Crippen LogP contribution in [0.2, 0.25) is 0 Å². The van der Waals surface area contributed by atoms with Crippen molar-refractivity contribution >= 4 is 5.97 Å². The molecule has 18 heavy (non-hydrogen) atoms. The molecule has 0 radical (unpaired) electrons. The fourth-order valence-corrected chi connectivity index (χ4v) is 2.48. The molecule has 1 heterocycles. The molecule has 0 bridgehead atoms. The van der Waals surface area contributed by atoms with Crippen molar-refractivity contribution in [2.24, 2.45) is 5.92 Å². The predicted molar refractivity (Wildman–Crippen MR) is 68.8 cm³/mol. The summed E-state index contributed by atoms with van der Waals surface area (Å²) in [5.74, 6) is -0.147. The third-order valence-electron chi connectivity index (χ3n) is 3.52. The quantitative estimate of drug-likeness (QED) is 0.852. The fourth-order valence-electron chi connectivity index (χ4n) is 2.48. The van der Waals surface area contributed by atoms with E-state index in [1.807, 2.05) is 24.3 Å². The Morgan fingerprint density at radius 2 is 2.17 bits per heavy atom. The van der Waals surface area contributed by atoms with Gasteiger partial charge in [-0.3, -0.25) is 4.79 Å². The lowest BCUT2D eigenvalue weighted by molar-refractivity contribution is -0.143. The van der Waals surface area contributed by atoms with Crippen LogP contribution in [-0.4, -0.2) is 30.8 Å². The lowest BCUT2D eigenvalue weighted by atomic mass is 9.87. The Morgan fingerprint density at radius 1 is 1.44 bits per heavy atom. The molecular weight excluding hydrogens is 230 g/mol. The number of aliphatic carboxylic acids is 1. The van der Waals surface area contributed by atoms with Crippen molar-refractivity contribution in [1.82, 2.24) is 5.32 Å². The van der Waals surface area contributed by atoms with Crippen molar-refractivity contribution in [3.8, 4) is 5.75 Å². The van der Waals surface area contributed by atoms with Crippen molar-refractivity contribution in [2.45, 2.75) is 25.3 Å². The molecule has 0 aromatic heterocycles. The highest BCUT2D eigenvalue weighted by Crippen LogP contribution is 2.21. The average Bonchev–Trinajstić information content (AvgIpc) is 2.40. The van der Waals surface area contributed by atoms with Crippen molar-refractivity contribution in [2.75, 3.05) is 13.7 Å². The molecule has 1 aromatic carbocycles. The SMILES string of the molecule is COc1ccc(CC2NCCCC2C(=O)O)cc1. The van der Waals surface area contributed by atoms with Gasteiger partial charge in [-0.2, -0.15) is 0 Å². The molecule has 0 amide bonds. The monoisotopic (exact) mass is 249 g/mol. The van der Waals surface area contributed by atoms with E-state index in [1.54, 1.807) is 7.11 Å². The molecule has 0 aliphatic carbocycles. The number of benzene rings is 1. The zero-order valence-corrected chi connectivity index (χ0v) is 10.6. The van der Waals surface area contributed by atoms with Crippen LogP contribution in [0.5, 0.6) is 5.75 Å². The molecule has 2 rings (SSSR count). The van der Waals surface area contributed by atoms with Crippen LogP contribution in [0.15, 0.2) is 24.3 Å². The van der Waals surface area contributed by atoms with E-state index in [1.165, 1.54) is 0 Å². The molecule has 1 aliphatic rings. The van der Waals surface area contributed by atoms with E-state index in [0.29, 0.717) is 0 Å². The minimum absolute atomic E-state index is 0.0321. The number of piperidine rings is 1. The fraction of sp³-hybridized carbons (Fsp3) is 0.500. The molecule has 2 N–H and O–H groups in total. The first-order valence-corrected chi connectivity index (χ1v) is 6.30. The molecule has 0 spiro atoms. The molecule has 0 saturated carbocycles. The third kappa shape index (κ3) is 3.01. The summed E-state index contributed by atoms with van der Waals surface area (Å²) in [5, 5.41) is 12.5. The number of hydrogen-bond acceptors (Lipinski definition) is 3. The van der Waals surface area contributed by atoms with Crippen LogP contribution in [0.3, 0.4) is 0 Å². The molecule has 2 unspecified atom stereocenters. The zero-order chi connectivity index (χ0) is 13.0. The second-order valence-corrected chi connectivity index (χ2v) is 4.70. The van der Waals surface area contributed by atoms with E-state index in [-0.39, 0.29) is 12.0 Å². The maximum Gasteiger partial charge on any atom is 0.308 e. The van der Waals surface area contributed by atoms with E-state index >= 15 is 0 Å². The summed E-state index contributed by atoms with van der Waals surface area (Å²) >= 11 is 0. The molecule has 4 nitrogen and oxygen atoms in total. The van der Waals surface area contributed by atoms with Crippen LogP contribution in [-0.2, 0) is 11.2 Å². The first-order valence-electron chi connectivity index (χ1n) is 6.30. The molecule has 1 saturated heterocycles. The number of nitrogens with one attached hydrogen (secondary N) is 1. The molecule has 4 heteroatoms. The summed E-state index contributed by atoms with van der Waals surface area (Å²) in [5.41, 5.74) is 1.14. The van der Waals surface area contributed by atoms with Gasteiger partial charge in [-0.15, -0.1) is 0 Å². The Kier molecular flexibility index (Phi) is 4.20. The van der Waals surface area contributed by atoms with E-state index in [2.05, 4.69) is 5.32 Å². The maximum absolute atomic E-state index is 11.2. The van der Waals surface area contributed by atoms with Crippen molar-refractivity contribution in [3.05, 3.63) is 29.8 Å². The van der Waals surface area contributed by atoms with Crippen LogP contribution in [0, 0.1) is 5.92 Å². The minimum Gasteiger partial charge on any atom is -0.497 e. The van der Waals surface area contributed by atoms with Crippen molar-refractivity contribution in [1.29, 1.82) is 0 Å². The van der Waals surface area contributed by atoms with Crippen LogP contribution in [0.1, 0.15) is 18.4 Å². The first-order chi connectivity index (χ1) is 8.70. The van der Waals surface area contributed by atoms with Gasteiger partial charge in [-0.05, 0) is 43.5 Å². The molecule has 98 valence electrons. The van der Waals surface area contributed by atoms with Gasteiger partial charge in [-0.25, -0.2) is 0 Å². The number of rotatable bonds is 4. The Morgan fingerprint density at radius 3 is 2.78 bits per heavy atom. The Hall–Kier alpha value is -1.55. The number of hydrogen-bond donors (Lipinski definition) is 2. The largest absolute Gasteiger partial charge is 0.497 e. The summed E-state index contributed by atoms with van der Waals surface area (Å²) < 4.78 is 5.11. The van der Waals surface area contributed by atoms with Crippen LogP contribution < -0.4 is 10.1 Å². The van der Waals surface area contributed by atoms with Gasteiger partial charge in [0.15, 0.2) is 0 Å². The van der Waals surface area contributed by atoms with Gasteiger partial charge in [0.2, 0.25) is 0 Å². The van der Waals surface area contributed by atoms with Gasteiger partial charge in [0.1, 0.15) is 5.75 Å². The third-order valence-corrected chi connectivity index (χ3v) is 3.52. The van der Waals surface area contributed by atoms with Crippen LogP contribution in [0.25, 0.3) is 0 Å². The molecule has 1 fully saturated rings. The maximum atomic E-state index is 11.2. The van der Waals surface area contributed by atoms with E-state index < -0.39 is 5.97 Å². The highest BCUT2D eigenvalue weighted by atomic mass is 16.5. The smallest absolute Gasteiger partial charge is 0.308 e. The topological polar surface area (TPSA) is 58.6 Å². The number of methoxy groups -OCH3 is 1. The second-order valence-electron chi connectivity index (χ2n) is 4.70. The Labute approximate surface area is 107 Å². The molecular formula is C14H19NO3. The summed E-state index contributed by atoms with van der Waals surface area (Å²) in [4.78, 5) is 11.2. The zero-order valence-electron chi connectivity index (χ0n) is 10.6. The van der Waals surface area contributed by atoms with Crippen molar-refractivity contribution in [3.63, 3.8) is 0 Å². The normalized spacial score (nSPS) is 23.6. The summed E-state index contributed by atoms with van der Waals surface area (Å²) in [6.45, 7) is 0.907. The van der Waals surface area contributed by atoms with Crippen molar-refractivity contribution < 1.29 is 14.6 Å². The standard InChI is InChI=1S/C14H19NO3/c1-18-11-6-4-10(5-7-11)9-13-12(14(16)17)3-2-8-15-13/h4-7,12-13,15H,2-3,8-9H2,1H3,(H,16,17). The minimum atomic E-state index is -0.694. The van der Waals surface area contributed by atoms with Gasteiger partial charge < -0.3 is 15.2 Å². The molecule has 1 aromatic rings. The van der Waals surface area contributed by atoms with Gasteiger partial charge in [-0.1, -0.05) is 12.1 Å². The van der Waals surface area contributed by atoms with Gasteiger partial charge >= 0.3 is 5.97 Å². The summed E-state index contributed by atoms with van der Waals surface area (Å²) in [6, 6.07) is 7.84. The number of carbonyl (C=O) groups is 1. The van der Waals surface area contributed by atoms with Crippen LogP contribution in [0.4, 0.5) is 0 Å². The van der Waals surface area contributed by atoms with E-state index in [0.717, 1.165) is 37.1 Å². The number of ether oxygens (including phenoxy) is 1. The molecule has 2 atom stereocenters. The Bertz CT molecular complexity index is 402. The second kappa shape index (κ2) is 5.87. The molecule has 1 aliphatic heterocycles. The van der Waals surface area contributed by atoms with E-state index in [4.69, 9.17) is 4.74 Å². The average molecular weight is 249 g/mol. The first kappa shape index (κ1) is 12.9. The van der Waals surface area contributed by atoms with Gasteiger partial charge in [0.05, 0.1) is 13.0 Å². The number of carboxylic acids is 1. The van der Waals surface area contributed by atoms with E-state index in [9.17, 15) is 9.90 Å². The predicted octanol–water partition coefficient (Wildman–Crippen LogP) is 1.69. The Balaban J connectivity index is 2.03. The highest BCUT2D eigenvalue weighted by molar-refractivity contribution is 5.71. The highest BCUT2D eigenvalue weighted by Gasteiger charge is 2.30. The lowest BCUT2D eigenvalue weighted by Gasteiger charge is -2.29. The van der Waals surface area contributed by atoms with Gasteiger partial charge in [0.25, 0.3) is 0 Å². The summed E-state index contributed by atoms with van der Waals surface area (Å²) in [7, 11) is 1.64. The summed E-state index contributed by atoms with van der Waals surface area (Å²) in [6.07, 6.45) is 2.46.